The van der Waals surface area contributed by atoms with Gasteiger partial charge in [-0.05, 0) is 19.1 Å². The number of rotatable bonds is 3. The third-order valence-corrected chi connectivity index (χ3v) is 4.75. The summed E-state index contributed by atoms with van der Waals surface area (Å²) < 4.78 is 6.18. The van der Waals surface area contributed by atoms with Gasteiger partial charge < -0.3 is 9.80 Å². The molecule has 0 N–H and O–H groups in total. The minimum atomic E-state index is 0.849. The van der Waals surface area contributed by atoms with E-state index in [-0.39, 0.29) is 0 Å². The normalized spacial score (nSPS) is 15.2. The van der Waals surface area contributed by atoms with Crippen LogP contribution in [0.3, 0.4) is 0 Å². The second-order valence-electron chi connectivity index (χ2n) is 5.42. The van der Waals surface area contributed by atoms with Gasteiger partial charge in [0.15, 0.2) is 0 Å². The molecule has 118 valence electrons. The second-order valence-corrected chi connectivity index (χ2v) is 6.15. The molecule has 0 aliphatic carbocycles. The van der Waals surface area contributed by atoms with Gasteiger partial charge in [0.2, 0.25) is 5.13 Å². The van der Waals surface area contributed by atoms with Crippen molar-refractivity contribution in [2.24, 2.45) is 0 Å². The minimum Gasteiger partial charge on any atom is -0.353 e. The van der Waals surface area contributed by atoms with E-state index in [0.29, 0.717) is 0 Å². The summed E-state index contributed by atoms with van der Waals surface area (Å²) in [5, 5.41) is 1.02. The molecule has 1 aliphatic heterocycles. The number of anilines is 2. The van der Waals surface area contributed by atoms with Crippen molar-refractivity contribution < 1.29 is 0 Å². The van der Waals surface area contributed by atoms with Crippen LogP contribution < -0.4 is 9.80 Å². The highest BCUT2D eigenvalue weighted by Crippen LogP contribution is 2.21. The lowest BCUT2D eigenvalue weighted by Crippen LogP contribution is -2.46. The van der Waals surface area contributed by atoms with Crippen molar-refractivity contribution in [2.75, 3.05) is 36.0 Å². The maximum absolute atomic E-state index is 4.75. The van der Waals surface area contributed by atoms with Gasteiger partial charge in [-0.2, -0.15) is 4.37 Å². The molecule has 3 aromatic rings. The summed E-state index contributed by atoms with van der Waals surface area (Å²) >= 11 is 1.47. The Hall–Kier alpha value is -2.48. The molecule has 0 aromatic carbocycles. The van der Waals surface area contributed by atoms with E-state index in [1.807, 2.05) is 29.8 Å². The van der Waals surface area contributed by atoms with E-state index in [2.05, 4.69) is 30.2 Å². The molecule has 0 atom stereocenters. The van der Waals surface area contributed by atoms with Gasteiger partial charge in [-0.3, -0.25) is 4.57 Å². The zero-order chi connectivity index (χ0) is 15.6. The van der Waals surface area contributed by atoms with Crippen LogP contribution in [0.5, 0.6) is 0 Å². The van der Waals surface area contributed by atoms with Crippen molar-refractivity contribution >= 4 is 22.5 Å². The Bertz CT molecular complexity index is 775. The van der Waals surface area contributed by atoms with Gasteiger partial charge in [0.05, 0.1) is 0 Å². The first-order valence-electron chi connectivity index (χ1n) is 7.55. The summed E-state index contributed by atoms with van der Waals surface area (Å²) in [5.41, 5.74) is 0. The van der Waals surface area contributed by atoms with Crippen molar-refractivity contribution in [2.45, 2.75) is 6.92 Å². The molecule has 1 saturated heterocycles. The average Bonchev–Trinajstić information content (AvgIpc) is 3.27. The molecule has 1 fully saturated rings. The largest absolute Gasteiger partial charge is 0.353 e. The number of hydrogen-bond acceptors (Lipinski definition) is 7. The van der Waals surface area contributed by atoms with E-state index >= 15 is 0 Å². The Morgan fingerprint density at radius 3 is 2.48 bits per heavy atom. The van der Waals surface area contributed by atoms with E-state index in [0.717, 1.165) is 48.8 Å². The molecule has 0 spiro atoms. The summed E-state index contributed by atoms with van der Waals surface area (Å²) in [6.07, 6.45) is 5.43. The number of pyridine rings is 1. The Morgan fingerprint density at radius 2 is 1.78 bits per heavy atom. The standard InChI is InChI=1S/C15H17N7S/c1-12-17-15(23-19-12)21-9-7-20(8-10-21)13-3-2-4-14(18-13)22-6-5-16-11-22/h2-6,11H,7-10H2,1H3. The van der Waals surface area contributed by atoms with Crippen molar-refractivity contribution in [1.82, 2.24) is 23.9 Å². The molecule has 0 bridgehead atoms. The van der Waals surface area contributed by atoms with Crippen molar-refractivity contribution in [3.05, 3.63) is 42.7 Å². The molecule has 4 heterocycles. The van der Waals surface area contributed by atoms with E-state index < -0.39 is 0 Å². The maximum Gasteiger partial charge on any atom is 0.205 e. The van der Waals surface area contributed by atoms with Gasteiger partial charge in [0, 0.05) is 50.1 Å². The molecule has 0 radical (unpaired) electrons. The number of hydrogen-bond donors (Lipinski definition) is 0. The van der Waals surface area contributed by atoms with Gasteiger partial charge in [-0.25, -0.2) is 15.0 Å². The highest BCUT2D eigenvalue weighted by molar-refractivity contribution is 7.09. The number of nitrogens with zero attached hydrogens (tertiary/aromatic N) is 7. The van der Waals surface area contributed by atoms with Crippen LogP contribution in [-0.4, -0.2) is 50.1 Å². The smallest absolute Gasteiger partial charge is 0.205 e. The summed E-state index contributed by atoms with van der Waals surface area (Å²) in [7, 11) is 0. The molecule has 7 nitrogen and oxygen atoms in total. The summed E-state index contributed by atoms with van der Waals surface area (Å²) in [5.74, 6) is 2.74. The van der Waals surface area contributed by atoms with Crippen LogP contribution in [0.2, 0.25) is 0 Å². The first-order chi connectivity index (χ1) is 11.3. The fourth-order valence-corrected chi connectivity index (χ4v) is 3.39. The van der Waals surface area contributed by atoms with Crippen LogP contribution in [0.25, 0.3) is 5.82 Å². The molecule has 3 aromatic heterocycles. The van der Waals surface area contributed by atoms with Crippen LogP contribution in [0.1, 0.15) is 5.82 Å². The summed E-state index contributed by atoms with van der Waals surface area (Å²) in [4.78, 5) is 17.9. The second kappa shape index (κ2) is 5.96. The van der Waals surface area contributed by atoms with Crippen LogP contribution in [0.15, 0.2) is 36.9 Å². The fraction of sp³-hybridized carbons (Fsp3) is 0.333. The molecular formula is C15H17N7S. The van der Waals surface area contributed by atoms with Gasteiger partial charge in [0.25, 0.3) is 0 Å². The highest BCUT2D eigenvalue weighted by atomic mass is 32.1. The lowest BCUT2D eigenvalue weighted by atomic mass is 10.3. The Labute approximate surface area is 138 Å². The predicted molar refractivity (Wildman–Crippen MR) is 90.4 cm³/mol. The molecule has 23 heavy (non-hydrogen) atoms. The number of aromatic nitrogens is 5. The lowest BCUT2D eigenvalue weighted by molar-refractivity contribution is 0.645. The zero-order valence-corrected chi connectivity index (χ0v) is 13.6. The first-order valence-corrected chi connectivity index (χ1v) is 8.32. The third-order valence-electron chi connectivity index (χ3n) is 3.88. The van der Waals surface area contributed by atoms with Gasteiger partial charge in [-0.1, -0.05) is 6.07 Å². The Morgan fingerprint density at radius 1 is 1.00 bits per heavy atom. The molecule has 0 unspecified atom stereocenters. The van der Waals surface area contributed by atoms with Crippen LogP contribution in [0, 0.1) is 6.92 Å². The SMILES string of the molecule is Cc1nsc(N2CCN(c3cccc(-n4ccnc4)n3)CC2)n1. The fourth-order valence-electron chi connectivity index (χ4n) is 2.67. The van der Waals surface area contributed by atoms with Crippen molar-refractivity contribution in [3.63, 3.8) is 0 Å². The van der Waals surface area contributed by atoms with Crippen molar-refractivity contribution in [3.8, 4) is 5.82 Å². The highest BCUT2D eigenvalue weighted by Gasteiger charge is 2.20. The first kappa shape index (κ1) is 14.1. The summed E-state index contributed by atoms with van der Waals surface area (Å²) in [6, 6.07) is 6.09. The van der Waals surface area contributed by atoms with Gasteiger partial charge >= 0.3 is 0 Å². The van der Waals surface area contributed by atoms with Crippen LogP contribution in [-0.2, 0) is 0 Å². The lowest BCUT2D eigenvalue weighted by Gasteiger charge is -2.35. The average molecular weight is 327 g/mol. The molecule has 4 rings (SSSR count). The number of imidazole rings is 1. The predicted octanol–water partition coefficient (Wildman–Crippen LogP) is 1.75. The topological polar surface area (TPSA) is 63.0 Å². The van der Waals surface area contributed by atoms with Crippen molar-refractivity contribution in [1.29, 1.82) is 0 Å². The van der Waals surface area contributed by atoms with E-state index in [4.69, 9.17) is 4.98 Å². The van der Waals surface area contributed by atoms with Crippen LogP contribution in [0.4, 0.5) is 10.9 Å². The quantitative estimate of drug-likeness (QED) is 0.730. The Balaban J connectivity index is 1.47. The molecular weight excluding hydrogens is 310 g/mol. The zero-order valence-electron chi connectivity index (χ0n) is 12.8. The monoisotopic (exact) mass is 327 g/mol. The van der Waals surface area contributed by atoms with E-state index in [9.17, 15) is 0 Å². The Kier molecular flexibility index (Phi) is 3.66. The number of piperazine rings is 1. The summed E-state index contributed by atoms with van der Waals surface area (Å²) in [6.45, 7) is 5.66. The van der Waals surface area contributed by atoms with E-state index in [1.54, 1.807) is 12.5 Å². The van der Waals surface area contributed by atoms with E-state index in [1.165, 1.54) is 11.5 Å². The van der Waals surface area contributed by atoms with Gasteiger partial charge in [0.1, 0.15) is 23.8 Å². The number of aryl methyl sites for hydroxylation is 1. The van der Waals surface area contributed by atoms with Crippen LogP contribution >= 0.6 is 11.5 Å². The molecule has 0 amide bonds. The molecule has 8 heteroatoms. The minimum absolute atomic E-state index is 0.849. The maximum atomic E-state index is 4.75. The molecule has 0 saturated carbocycles. The third kappa shape index (κ3) is 2.89. The van der Waals surface area contributed by atoms with Gasteiger partial charge in [-0.15, -0.1) is 0 Å². The molecule has 1 aliphatic rings.